The Bertz CT molecular complexity index is 471. The lowest BCUT2D eigenvalue weighted by atomic mass is 9.97. The third-order valence-electron chi connectivity index (χ3n) is 2.88. The Kier molecular flexibility index (Phi) is 4.42. The molecule has 1 amide bonds. The van der Waals surface area contributed by atoms with Gasteiger partial charge in [0.25, 0.3) is 0 Å². The Morgan fingerprint density at radius 3 is 2.39 bits per heavy atom. The first-order valence-electron chi connectivity index (χ1n) is 5.66. The van der Waals surface area contributed by atoms with E-state index >= 15 is 0 Å². The van der Waals surface area contributed by atoms with E-state index in [0.717, 1.165) is 12.1 Å². The van der Waals surface area contributed by atoms with Crippen LogP contribution in [0.4, 0.5) is 10.1 Å². The number of benzene rings is 1. The van der Waals surface area contributed by atoms with E-state index in [0.29, 0.717) is 0 Å². The Hall–Kier alpha value is -1.91. The second-order valence-electron chi connectivity index (χ2n) is 4.52. The van der Waals surface area contributed by atoms with Crippen molar-refractivity contribution < 1.29 is 19.1 Å². The molecule has 0 aliphatic carbocycles. The highest BCUT2D eigenvalue weighted by molar-refractivity contribution is 5.95. The Morgan fingerprint density at radius 1 is 1.28 bits per heavy atom. The number of anilines is 1. The van der Waals surface area contributed by atoms with Crippen molar-refractivity contribution in [3.8, 4) is 0 Å². The maximum atomic E-state index is 13.2. The van der Waals surface area contributed by atoms with Crippen molar-refractivity contribution in [1.82, 2.24) is 0 Å². The van der Waals surface area contributed by atoms with Crippen LogP contribution in [0.15, 0.2) is 18.2 Å². The second kappa shape index (κ2) is 5.62. The number of hydrogen-bond donors (Lipinski definition) is 2. The van der Waals surface area contributed by atoms with Gasteiger partial charge in [-0.25, -0.2) is 9.18 Å². The van der Waals surface area contributed by atoms with E-state index in [1.165, 1.54) is 6.07 Å². The minimum atomic E-state index is -1.36. The molecule has 0 aromatic heterocycles. The molecule has 98 valence electrons. The van der Waals surface area contributed by atoms with Crippen LogP contribution in [0.25, 0.3) is 0 Å². The van der Waals surface area contributed by atoms with E-state index < -0.39 is 17.3 Å². The molecule has 0 bridgehead atoms. The number of hydrogen-bond acceptors (Lipinski definition) is 2. The normalized spacial score (nSPS) is 12.3. The van der Waals surface area contributed by atoms with Crippen molar-refractivity contribution in [2.24, 2.45) is 11.8 Å². The van der Waals surface area contributed by atoms with Crippen LogP contribution in [0.5, 0.6) is 0 Å². The third kappa shape index (κ3) is 3.29. The molecule has 1 rings (SSSR count). The molecular formula is C13H16FNO3. The molecule has 0 saturated carbocycles. The smallest absolute Gasteiger partial charge is 0.338 e. The van der Waals surface area contributed by atoms with E-state index in [4.69, 9.17) is 5.11 Å². The number of halogens is 1. The monoisotopic (exact) mass is 253 g/mol. The lowest BCUT2D eigenvalue weighted by Crippen LogP contribution is -2.24. The van der Waals surface area contributed by atoms with Crippen molar-refractivity contribution in [1.29, 1.82) is 0 Å². The zero-order chi connectivity index (χ0) is 13.9. The average molecular weight is 253 g/mol. The van der Waals surface area contributed by atoms with Gasteiger partial charge in [-0.3, -0.25) is 4.79 Å². The summed E-state index contributed by atoms with van der Waals surface area (Å²) < 4.78 is 13.2. The van der Waals surface area contributed by atoms with Gasteiger partial charge in [0.05, 0.1) is 5.56 Å². The van der Waals surface area contributed by atoms with E-state index in [1.807, 2.05) is 13.8 Å². The van der Waals surface area contributed by atoms with Gasteiger partial charge in [-0.15, -0.1) is 0 Å². The zero-order valence-corrected chi connectivity index (χ0v) is 10.5. The van der Waals surface area contributed by atoms with Crippen LogP contribution in [-0.4, -0.2) is 17.0 Å². The molecular weight excluding hydrogens is 237 g/mol. The number of amides is 1. The summed E-state index contributed by atoms with van der Waals surface area (Å²) in [5.41, 5.74) is -0.170. The maximum absolute atomic E-state index is 13.2. The second-order valence-corrected chi connectivity index (χ2v) is 4.52. The molecule has 2 N–H and O–H groups in total. The van der Waals surface area contributed by atoms with Gasteiger partial charge in [0.1, 0.15) is 5.82 Å². The van der Waals surface area contributed by atoms with Crippen molar-refractivity contribution in [3.63, 3.8) is 0 Å². The van der Waals surface area contributed by atoms with E-state index in [2.05, 4.69) is 5.32 Å². The summed E-state index contributed by atoms with van der Waals surface area (Å²) in [5.74, 6) is -2.43. The average Bonchev–Trinajstić information content (AvgIpc) is 2.29. The van der Waals surface area contributed by atoms with Gasteiger partial charge in [-0.2, -0.15) is 0 Å². The number of nitrogens with one attached hydrogen (secondary N) is 1. The summed E-state index contributed by atoms with van der Waals surface area (Å²) in [4.78, 5) is 22.5. The molecule has 0 fully saturated rings. The molecule has 0 aliphatic rings. The van der Waals surface area contributed by atoms with Crippen LogP contribution in [0.3, 0.4) is 0 Å². The largest absolute Gasteiger partial charge is 0.478 e. The first-order valence-corrected chi connectivity index (χ1v) is 5.66. The standard InChI is InChI=1S/C13H16FNO3/c1-7(2)8(3)12(16)15-9-4-5-11(14)10(6-9)13(17)18/h4-8H,1-3H3,(H,15,16)(H,17,18). The number of carboxylic acids is 1. The topological polar surface area (TPSA) is 66.4 Å². The number of rotatable bonds is 4. The Balaban J connectivity index is 2.89. The molecule has 1 aromatic carbocycles. The fraction of sp³-hybridized carbons (Fsp3) is 0.385. The van der Waals surface area contributed by atoms with Crippen molar-refractivity contribution in [3.05, 3.63) is 29.6 Å². The van der Waals surface area contributed by atoms with E-state index in [-0.39, 0.29) is 23.4 Å². The van der Waals surface area contributed by atoms with Crippen LogP contribution >= 0.6 is 0 Å². The molecule has 0 radical (unpaired) electrons. The van der Waals surface area contributed by atoms with Gasteiger partial charge in [0.15, 0.2) is 0 Å². The molecule has 4 nitrogen and oxygen atoms in total. The minimum Gasteiger partial charge on any atom is -0.478 e. The van der Waals surface area contributed by atoms with Gasteiger partial charge >= 0.3 is 5.97 Å². The number of carboxylic acid groups (broad SMARTS) is 1. The van der Waals surface area contributed by atoms with E-state index in [9.17, 15) is 14.0 Å². The Labute approximate surface area is 105 Å². The predicted octanol–water partition coefficient (Wildman–Crippen LogP) is 2.75. The van der Waals surface area contributed by atoms with Gasteiger partial charge in [-0.1, -0.05) is 20.8 Å². The van der Waals surface area contributed by atoms with Crippen LogP contribution in [-0.2, 0) is 4.79 Å². The molecule has 5 heteroatoms. The first-order chi connectivity index (χ1) is 8.32. The number of aromatic carboxylic acids is 1. The van der Waals surface area contributed by atoms with Gasteiger partial charge in [0, 0.05) is 11.6 Å². The first kappa shape index (κ1) is 14.2. The van der Waals surface area contributed by atoms with Crippen LogP contribution < -0.4 is 5.32 Å². The summed E-state index contributed by atoms with van der Waals surface area (Å²) >= 11 is 0. The van der Waals surface area contributed by atoms with Gasteiger partial charge < -0.3 is 10.4 Å². The number of carbonyl (C=O) groups excluding carboxylic acids is 1. The maximum Gasteiger partial charge on any atom is 0.338 e. The van der Waals surface area contributed by atoms with Crippen molar-refractivity contribution in [2.45, 2.75) is 20.8 Å². The SMILES string of the molecule is CC(C)C(C)C(=O)Nc1ccc(F)c(C(=O)O)c1. The quantitative estimate of drug-likeness (QED) is 0.867. The van der Waals surface area contributed by atoms with Crippen LogP contribution in [0.1, 0.15) is 31.1 Å². The van der Waals surface area contributed by atoms with Crippen LogP contribution in [0, 0.1) is 17.7 Å². The highest BCUT2D eigenvalue weighted by Crippen LogP contribution is 2.17. The number of carbonyl (C=O) groups is 2. The molecule has 1 unspecified atom stereocenters. The van der Waals surface area contributed by atoms with Crippen LogP contribution in [0.2, 0.25) is 0 Å². The molecule has 0 saturated heterocycles. The van der Waals surface area contributed by atoms with Crippen molar-refractivity contribution >= 4 is 17.6 Å². The Morgan fingerprint density at radius 2 is 1.89 bits per heavy atom. The lowest BCUT2D eigenvalue weighted by molar-refractivity contribution is -0.120. The summed E-state index contributed by atoms with van der Waals surface area (Å²) in [7, 11) is 0. The molecule has 1 atom stereocenters. The van der Waals surface area contributed by atoms with Crippen molar-refractivity contribution in [2.75, 3.05) is 5.32 Å². The summed E-state index contributed by atoms with van der Waals surface area (Å²) in [6.07, 6.45) is 0. The van der Waals surface area contributed by atoms with E-state index in [1.54, 1.807) is 6.92 Å². The fourth-order valence-electron chi connectivity index (χ4n) is 1.33. The molecule has 1 aromatic rings. The predicted molar refractivity (Wildman–Crippen MR) is 66.0 cm³/mol. The lowest BCUT2D eigenvalue weighted by Gasteiger charge is -2.15. The van der Waals surface area contributed by atoms with Gasteiger partial charge in [0.2, 0.25) is 5.91 Å². The summed E-state index contributed by atoms with van der Waals surface area (Å²) in [5, 5.41) is 11.3. The third-order valence-corrected chi connectivity index (χ3v) is 2.88. The zero-order valence-electron chi connectivity index (χ0n) is 10.5. The summed E-state index contributed by atoms with van der Waals surface area (Å²) in [6.45, 7) is 5.61. The molecule has 0 spiro atoms. The fourth-order valence-corrected chi connectivity index (χ4v) is 1.33. The molecule has 0 heterocycles. The minimum absolute atomic E-state index is 0.171. The van der Waals surface area contributed by atoms with Gasteiger partial charge in [-0.05, 0) is 24.1 Å². The molecule has 18 heavy (non-hydrogen) atoms. The summed E-state index contributed by atoms with van der Waals surface area (Å²) in [6, 6.07) is 3.48. The highest BCUT2D eigenvalue weighted by atomic mass is 19.1. The molecule has 0 aliphatic heterocycles. The highest BCUT2D eigenvalue weighted by Gasteiger charge is 2.18.